The van der Waals surface area contributed by atoms with Crippen LogP contribution in [-0.4, -0.2) is 0 Å². The van der Waals surface area contributed by atoms with Crippen molar-refractivity contribution in [2.75, 3.05) is 0 Å². The third-order valence-electron chi connectivity index (χ3n) is 7.69. The van der Waals surface area contributed by atoms with Gasteiger partial charge in [0.05, 0.1) is 0 Å². The van der Waals surface area contributed by atoms with E-state index in [0.29, 0.717) is 0 Å². The molecular formula is C28H44. The second-order valence-corrected chi connectivity index (χ2v) is 10.2. The van der Waals surface area contributed by atoms with Crippen LogP contribution in [0.15, 0.2) is 47.6 Å². The zero-order chi connectivity index (χ0) is 19.8. The highest BCUT2D eigenvalue weighted by Gasteiger charge is 2.31. The van der Waals surface area contributed by atoms with E-state index in [0.717, 1.165) is 29.6 Å². The Morgan fingerprint density at radius 3 is 2.54 bits per heavy atom. The van der Waals surface area contributed by atoms with E-state index in [4.69, 9.17) is 0 Å². The van der Waals surface area contributed by atoms with Crippen LogP contribution in [0.3, 0.4) is 0 Å². The summed E-state index contributed by atoms with van der Waals surface area (Å²) in [5.41, 5.74) is 3.12. The smallest absolute Gasteiger partial charge is 0.0250 e. The predicted octanol–water partition coefficient (Wildman–Crippen LogP) is 8.81. The van der Waals surface area contributed by atoms with Crippen LogP contribution in [0.5, 0.6) is 0 Å². The normalized spacial score (nSPS) is 29.4. The summed E-state index contributed by atoms with van der Waals surface area (Å²) < 4.78 is 0. The van der Waals surface area contributed by atoms with Gasteiger partial charge in [0.25, 0.3) is 0 Å². The van der Waals surface area contributed by atoms with E-state index in [1.165, 1.54) is 77.0 Å². The highest BCUT2D eigenvalue weighted by atomic mass is 14.4. The average molecular weight is 381 g/mol. The van der Waals surface area contributed by atoms with Gasteiger partial charge >= 0.3 is 0 Å². The zero-order valence-corrected chi connectivity index (χ0v) is 18.8. The summed E-state index contributed by atoms with van der Waals surface area (Å²) >= 11 is 0. The van der Waals surface area contributed by atoms with Crippen LogP contribution in [0.1, 0.15) is 97.8 Å². The van der Waals surface area contributed by atoms with Crippen LogP contribution in [0.2, 0.25) is 0 Å². The fourth-order valence-corrected chi connectivity index (χ4v) is 6.10. The molecule has 3 aliphatic carbocycles. The monoisotopic (exact) mass is 380 g/mol. The van der Waals surface area contributed by atoms with E-state index in [9.17, 15) is 0 Å². The zero-order valence-electron chi connectivity index (χ0n) is 18.8. The molecule has 156 valence electrons. The Labute approximate surface area is 175 Å². The molecule has 3 rings (SSSR count). The number of fused-ring (bicyclic) bond motifs is 1. The molecule has 1 saturated carbocycles. The van der Waals surface area contributed by atoms with Crippen LogP contribution in [0.25, 0.3) is 0 Å². The Hall–Kier alpha value is -1.04. The molecule has 3 unspecified atom stereocenters. The third-order valence-corrected chi connectivity index (χ3v) is 7.69. The first-order valence-corrected chi connectivity index (χ1v) is 12.4. The minimum absolute atomic E-state index is 0.818. The van der Waals surface area contributed by atoms with Gasteiger partial charge in [0.15, 0.2) is 0 Å². The maximum Gasteiger partial charge on any atom is -0.0250 e. The second-order valence-electron chi connectivity index (χ2n) is 10.2. The molecule has 0 saturated heterocycles. The molecular weight excluding hydrogens is 336 g/mol. The summed E-state index contributed by atoms with van der Waals surface area (Å²) in [6.07, 6.45) is 31.0. The Bertz CT molecular complexity index is 579. The maximum absolute atomic E-state index is 2.53. The Kier molecular flexibility index (Phi) is 8.68. The molecule has 0 aliphatic heterocycles. The number of unbranched alkanes of at least 4 members (excludes halogenated alkanes) is 1. The maximum atomic E-state index is 2.53. The van der Waals surface area contributed by atoms with Crippen molar-refractivity contribution >= 4 is 0 Å². The molecule has 3 atom stereocenters. The van der Waals surface area contributed by atoms with Crippen molar-refractivity contribution in [1.82, 2.24) is 0 Å². The summed E-state index contributed by atoms with van der Waals surface area (Å²) in [4.78, 5) is 0. The third kappa shape index (κ3) is 6.50. The van der Waals surface area contributed by atoms with Gasteiger partial charge in [-0.3, -0.25) is 0 Å². The molecule has 1 fully saturated rings. The van der Waals surface area contributed by atoms with Crippen LogP contribution in [0.4, 0.5) is 0 Å². The Balaban J connectivity index is 1.84. The van der Waals surface area contributed by atoms with Gasteiger partial charge in [-0.25, -0.2) is 0 Å². The second kappa shape index (κ2) is 11.2. The van der Waals surface area contributed by atoms with E-state index in [1.54, 1.807) is 11.1 Å². The fraction of sp³-hybridized carbons (Fsp3) is 0.714. The highest BCUT2D eigenvalue weighted by molar-refractivity contribution is 5.37. The van der Waals surface area contributed by atoms with Gasteiger partial charge in [-0.1, -0.05) is 102 Å². The van der Waals surface area contributed by atoms with Gasteiger partial charge in [0.1, 0.15) is 0 Å². The van der Waals surface area contributed by atoms with Crippen LogP contribution >= 0.6 is 0 Å². The van der Waals surface area contributed by atoms with Crippen molar-refractivity contribution in [3.63, 3.8) is 0 Å². The number of hydrogen-bond donors (Lipinski definition) is 0. The van der Waals surface area contributed by atoms with Crippen molar-refractivity contribution in [2.45, 2.75) is 97.8 Å². The Morgan fingerprint density at radius 2 is 1.79 bits per heavy atom. The van der Waals surface area contributed by atoms with E-state index in [1.807, 2.05) is 0 Å². The first kappa shape index (κ1) is 21.7. The van der Waals surface area contributed by atoms with E-state index >= 15 is 0 Å². The van der Waals surface area contributed by atoms with Crippen molar-refractivity contribution in [2.24, 2.45) is 29.6 Å². The van der Waals surface area contributed by atoms with Gasteiger partial charge in [0.2, 0.25) is 0 Å². The molecule has 28 heavy (non-hydrogen) atoms. The SMILES string of the molecule is CCCCC1CC2=CC=CC=CC(=C2)CCC(CC2CCCC2)C(C(C)C)C1. The van der Waals surface area contributed by atoms with Gasteiger partial charge < -0.3 is 0 Å². The molecule has 0 amide bonds. The molecule has 0 aromatic rings. The molecule has 0 nitrogen and oxygen atoms in total. The average Bonchev–Trinajstić information content (AvgIpc) is 3.16. The van der Waals surface area contributed by atoms with Crippen molar-refractivity contribution in [1.29, 1.82) is 0 Å². The lowest BCUT2D eigenvalue weighted by Gasteiger charge is -2.36. The number of rotatable bonds is 6. The van der Waals surface area contributed by atoms with E-state index in [2.05, 4.69) is 57.2 Å². The summed E-state index contributed by atoms with van der Waals surface area (Å²) in [5, 5.41) is 0. The largest absolute Gasteiger partial charge is 0.0654 e. The van der Waals surface area contributed by atoms with Gasteiger partial charge in [-0.05, 0) is 72.8 Å². The molecule has 0 radical (unpaired) electrons. The molecule has 2 bridgehead atoms. The summed E-state index contributed by atoms with van der Waals surface area (Å²) in [6, 6.07) is 0. The first-order chi connectivity index (χ1) is 13.7. The van der Waals surface area contributed by atoms with Crippen molar-refractivity contribution in [3.05, 3.63) is 47.6 Å². The summed E-state index contributed by atoms with van der Waals surface area (Å²) in [7, 11) is 0. The minimum Gasteiger partial charge on any atom is -0.0654 e. The van der Waals surface area contributed by atoms with Crippen LogP contribution in [-0.2, 0) is 0 Å². The van der Waals surface area contributed by atoms with Crippen LogP contribution in [0, 0.1) is 29.6 Å². The quantitative estimate of drug-likeness (QED) is 0.432. The molecule has 0 aromatic carbocycles. The lowest BCUT2D eigenvalue weighted by Crippen LogP contribution is -2.26. The molecule has 0 heteroatoms. The Morgan fingerprint density at radius 1 is 0.964 bits per heavy atom. The molecule has 0 spiro atoms. The lowest BCUT2D eigenvalue weighted by atomic mass is 9.69. The van der Waals surface area contributed by atoms with E-state index in [-0.39, 0.29) is 0 Å². The van der Waals surface area contributed by atoms with Gasteiger partial charge in [0, 0.05) is 0 Å². The van der Waals surface area contributed by atoms with Gasteiger partial charge in [-0.2, -0.15) is 0 Å². The number of allylic oxidation sites excluding steroid dienone is 8. The van der Waals surface area contributed by atoms with Gasteiger partial charge in [-0.15, -0.1) is 0 Å². The predicted molar refractivity (Wildman–Crippen MR) is 124 cm³/mol. The lowest BCUT2D eigenvalue weighted by molar-refractivity contribution is 0.160. The molecule has 0 N–H and O–H groups in total. The molecule has 3 aliphatic rings. The molecule has 0 aromatic heterocycles. The number of hydrogen-bond acceptors (Lipinski definition) is 0. The summed E-state index contributed by atoms with van der Waals surface area (Å²) in [6.45, 7) is 7.37. The van der Waals surface area contributed by atoms with E-state index < -0.39 is 0 Å². The molecule has 0 heterocycles. The first-order valence-electron chi connectivity index (χ1n) is 12.4. The standard InChI is InChI=1S/C28H44/c1-4-5-11-26-19-25-15-8-6-7-12-24(18-25)16-17-27(28(21-26)22(2)3)20-23-13-9-10-14-23/h6-8,12,15,18,22-23,26-28H,4-5,9-11,13-14,16-17,19-21H2,1-3H3. The summed E-state index contributed by atoms with van der Waals surface area (Å²) in [5.74, 6) is 4.53. The highest BCUT2D eigenvalue weighted by Crippen LogP contribution is 2.42. The minimum atomic E-state index is 0.818. The fourth-order valence-electron chi connectivity index (χ4n) is 6.10. The van der Waals surface area contributed by atoms with Crippen LogP contribution < -0.4 is 0 Å². The van der Waals surface area contributed by atoms with Crippen molar-refractivity contribution < 1.29 is 0 Å². The van der Waals surface area contributed by atoms with Crippen molar-refractivity contribution in [3.8, 4) is 0 Å². The topological polar surface area (TPSA) is 0 Å².